The zero-order valence-electron chi connectivity index (χ0n) is 19.3. The first-order chi connectivity index (χ1) is 14.3. The van der Waals surface area contributed by atoms with Gasteiger partial charge in [0.15, 0.2) is 0 Å². The van der Waals surface area contributed by atoms with E-state index >= 15 is 0 Å². The second-order valence-corrected chi connectivity index (χ2v) is 10.9. The maximum Gasteiger partial charge on any atom is 0.408 e. The van der Waals surface area contributed by atoms with Crippen molar-refractivity contribution >= 4 is 25.3 Å². The third-order valence-corrected chi connectivity index (χ3v) is 6.11. The predicted octanol–water partition coefficient (Wildman–Crippen LogP) is 4.08. The summed E-state index contributed by atoms with van der Waals surface area (Å²) in [4.78, 5) is 25.0. The van der Waals surface area contributed by atoms with Crippen LogP contribution in [-0.4, -0.2) is 49.1 Å². The Morgan fingerprint density at radius 3 is 2.29 bits per heavy atom. The van der Waals surface area contributed by atoms with Crippen molar-refractivity contribution in [3.05, 3.63) is 29.8 Å². The Morgan fingerprint density at radius 1 is 1.16 bits per heavy atom. The molecule has 0 saturated carbocycles. The number of rotatable bonds is 10. The number of ether oxygens (including phenoxy) is 1. The average molecular weight is 458 g/mol. The van der Waals surface area contributed by atoms with Gasteiger partial charge in [0.25, 0.3) is 0 Å². The number of aliphatic hydroxyl groups is 1. The fourth-order valence-electron chi connectivity index (χ4n) is 2.75. The highest BCUT2D eigenvalue weighted by Gasteiger charge is 2.28. The van der Waals surface area contributed by atoms with E-state index in [0.717, 1.165) is 0 Å². The number of carbonyl (C=O) groups excluding carboxylic acids is 2. The maximum absolute atomic E-state index is 12.8. The Kier molecular flexibility index (Phi) is 10.2. The van der Waals surface area contributed by atoms with Crippen LogP contribution in [0, 0.1) is 5.92 Å². The van der Waals surface area contributed by atoms with Crippen molar-refractivity contribution in [2.45, 2.75) is 58.8 Å². The van der Waals surface area contributed by atoms with E-state index in [4.69, 9.17) is 13.8 Å². The normalized spacial score (nSPS) is 14.1. The molecule has 2 amide bonds. The maximum atomic E-state index is 12.8. The van der Waals surface area contributed by atoms with Gasteiger partial charge in [-0.2, -0.15) is 0 Å². The highest BCUT2D eigenvalue weighted by Crippen LogP contribution is 2.49. The first kappa shape index (κ1) is 27.1. The molecule has 0 aliphatic heterocycles. The number of carbonyl (C=O) groups is 2. The molecule has 1 rings (SSSR count). The molecule has 1 aromatic carbocycles. The Bertz CT molecular complexity index is 784. The molecular weight excluding hydrogens is 423 g/mol. The predicted molar refractivity (Wildman–Crippen MR) is 119 cm³/mol. The third-order valence-electron chi connectivity index (χ3n) is 4.21. The number of hydrogen-bond acceptors (Lipinski definition) is 7. The molecule has 0 heterocycles. The summed E-state index contributed by atoms with van der Waals surface area (Å²) in [6.07, 6.45) is -1.60. The van der Waals surface area contributed by atoms with E-state index in [9.17, 15) is 19.3 Å². The van der Waals surface area contributed by atoms with Gasteiger partial charge in [-0.3, -0.25) is 9.36 Å². The average Bonchev–Trinajstić information content (AvgIpc) is 2.65. The molecule has 0 saturated heterocycles. The molecular formula is C21H35N2O7P. The molecule has 0 unspecified atom stereocenters. The van der Waals surface area contributed by atoms with Crippen LogP contribution >= 0.6 is 7.60 Å². The molecule has 0 aromatic heterocycles. The fraction of sp³-hybridized carbons (Fsp3) is 0.619. The standard InChI is InChI=1S/C21H35N2O7P/c1-14(2)11-17(23-20(26)30-21(3,4)5)19(25)22-16-10-8-9-15(12-16)18(24)13-31(27,28-6)29-7/h8-10,12,14,17-18,24H,11,13H2,1-7H3,(H,22,25)(H,23,26)/t17-,18-/m0/s1. The van der Waals surface area contributed by atoms with Gasteiger partial charge in [0, 0.05) is 19.9 Å². The molecule has 10 heteroatoms. The van der Waals surface area contributed by atoms with Crippen LogP contribution in [0.25, 0.3) is 0 Å². The smallest absolute Gasteiger partial charge is 0.408 e. The van der Waals surface area contributed by atoms with Crippen molar-refractivity contribution in [2.24, 2.45) is 5.92 Å². The highest BCUT2D eigenvalue weighted by atomic mass is 31.2. The van der Waals surface area contributed by atoms with Crippen molar-refractivity contribution < 1.29 is 33.0 Å². The summed E-state index contributed by atoms with van der Waals surface area (Å²) in [5, 5.41) is 15.8. The van der Waals surface area contributed by atoms with Gasteiger partial charge in [0.2, 0.25) is 5.91 Å². The summed E-state index contributed by atoms with van der Waals surface area (Å²) >= 11 is 0. The number of benzene rings is 1. The van der Waals surface area contributed by atoms with Gasteiger partial charge in [-0.15, -0.1) is 0 Å². The van der Waals surface area contributed by atoms with Gasteiger partial charge >= 0.3 is 13.7 Å². The van der Waals surface area contributed by atoms with Crippen molar-refractivity contribution in [1.29, 1.82) is 0 Å². The Balaban J connectivity index is 2.92. The van der Waals surface area contributed by atoms with Crippen LogP contribution in [0.2, 0.25) is 0 Å². The lowest BCUT2D eigenvalue weighted by molar-refractivity contribution is -0.118. The van der Waals surface area contributed by atoms with Crippen LogP contribution < -0.4 is 10.6 Å². The summed E-state index contributed by atoms with van der Waals surface area (Å²) < 4.78 is 27.3. The van der Waals surface area contributed by atoms with Gasteiger partial charge in [0.1, 0.15) is 11.6 Å². The van der Waals surface area contributed by atoms with Crippen molar-refractivity contribution in [3.63, 3.8) is 0 Å². The fourth-order valence-corrected chi connectivity index (χ4v) is 3.83. The molecule has 0 fully saturated rings. The second-order valence-electron chi connectivity index (χ2n) is 8.62. The van der Waals surface area contributed by atoms with Gasteiger partial charge in [-0.05, 0) is 50.8 Å². The molecule has 3 N–H and O–H groups in total. The molecule has 176 valence electrons. The van der Waals surface area contributed by atoms with E-state index in [1.54, 1.807) is 45.0 Å². The molecule has 0 aliphatic carbocycles. The Morgan fingerprint density at radius 2 is 1.77 bits per heavy atom. The third kappa shape index (κ3) is 9.82. The van der Waals surface area contributed by atoms with Crippen LogP contribution in [0.3, 0.4) is 0 Å². The van der Waals surface area contributed by atoms with Crippen molar-refractivity contribution in [1.82, 2.24) is 5.32 Å². The molecule has 31 heavy (non-hydrogen) atoms. The SMILES string of the molecule is COP(=O)(C[C@H](O)c1cccc(NC(=O)[C@H](CC(C)C)NC(=O)OC(C)(C)C)c1)OC. The first-order valence-corrected chi connectivity index (χ1v) is 11.8. The quantitative estimate of drug-likeness (QED) is 0.451. The van der Waals surface area contributed by atoms with Crippen LogP contribution in [0.4, 0.5) is 10.5 Å². The van der Waals surface area contributed by atoms with Crippen LogP contribution in [0.5, 0.6) is 0 Å². The molecule has 0 spiro atoms. The summed E-state index contributed by atoms with van der Waals surface area (Å²) in [5.41, 5.74) is 0.177. The minimum atomic E-state index is -3.41. The van der Waals surface area contributed by atoms with E-state index in [1.807, 2.05) is 13.8 Å². The number of nitrogens with one attached hydrogen (secondary N) is 2. The number of amides is 2. The molecule has 2 atom stereocenters. The topological polar surface area (TPSA) is 123 Å². The zero-order chi connectivity index (χ0) is 23.8. The molecule has 0 aliphatic rings. The summed E-state index contributed by atoms with van der Waals surface area (Å²) in [7, 11) is -0.909. The monoisotopic (exact) mass is 458 g/mol. The van der Waals surface area contributed by atoms with Crippen LogP contribution in [0.1, 0.15) is 52.7 Å². The van der Waals surface area contributed by atoms with E-state index < -0.39 is 37.3 Å². The lowest BCUT2D eigenvalue weighted by atomic mass is 10.0. The van der Waals surface area contributed by atoms with Crippen molar-refractivity contribution in [3.8, 4) is 0 Å². The number of aliphatic hydroxyl groups excluding tert-OH is 1. The van der Waals surface area contributed by atoms with Crippen molar-refractivity contribution in [2.75, 3.05) is 25.7 Å². The lowest BCUT2D eigenvalue weighted by Gasteiger charge is -2.24. The zero-order valence-corrected chi connectivity index (χ0v) is 20.2. The van der Waals surface area contributed by atoms with E-state index in [2.05, 4.69) is 10.6 Å². The summed E-state index contributed by atoms with van der Waals surface area (Å²) in [5.74, 6) is -0.262. The number of hydrogen-bond donors (Lipinski definition) is 3. The summed E-state index contributed by atoms with van der Waals surface area (Å²) in [6.45, 7) is 9.11. The van der Waals surface area contributed by atoms with Gasteiger partial charge in [0.05, 0.1) is 12.3 Å². The minimum Gasteiger partial charge on any atom is -0.444 e. The molecule has 0 bridgehead atoms. The largest absolute Gasteiger partial charge is 0.444 e. The van der Waals surface area contributed by atoms with Crippen LogP contribution in [0.15, 0.2) is 24.3 Å². The van der Waals surface area contributed by atoms with Gasteiger partial charge < -0.3 is 29.5 Å². The van der Waals surface area contributed by atoms with E-state index in [1.165, 1.54) is 14.2 Å². The summed E-state index contributed by atoms with van der Waals surface area (Å²) in [6, 6.07) is 5.71. The highest BCUT2D eigenvalue weighted by molar-refractivity contribution is 7.53. The molecule has 1 aromatic rings. The van der Waals surface area contributed by atoms with Gasteiger partial charge in [-0.25, -0.2) is 4.79 Å². The first-order valence-electron chi connectivity index (χ1n) is 10.1. The van der Waals surface area contributed by atoms with E-state index in [-0.39, 0.29) is 12.1 Å². The minimum absolute atomic E-state index is 0.149. The second kappa shape index (κ2) is 11.6. The lowest BCUT2D eigenvalue weighted by Crippen LogP contribution is -2.46. The Hall–Kier alpha value is -1.93. The molecule has 0 radical (unpaired) electrons. The number of alkyl carbamates (subject to hydrolysis) is 1. The Labute approximate surface area is 184 Å². The van der Waals surface area contributed by atoms with Crippen LogP contribution in [-0.2, 0) is 23.1 Å². The number of anilines is 1. The van der Waals surface area contributed by atoms with Gasteiger partial charge in [-0.1, -0.05) is 26.0 Å². The van der Waals surface area contributed by atoms with E-state index in [0.29, 0.717) is 17.7 Å². The molecule has 9 nitrogen and oxygen atoms in total.